The molecule has 0 aliphatic carbocycles. The fraction of sp³-hybridized carbons (Fsp3) is 0.200. The summed E-state index contributed by atoms with van der Waals surface area (Å²) in [7, 11) is 0. The largest absolute Gasteiger partial charge is 0.237 e. The van der Waals surface area contributed by atoms with Crippen LogP contribution in [0.5, 0.6) is 0 Å². The maximum Gasteiger partial charge on any atom is 0.161 e. The average Bonchev–Trinajstić information content (AvgIpc) is 2.16. The molecule has 0 radical (unpaired) electrons. The van der Waals surface area contributed by atoms with E-state index in [0.29, 0.717) is 5.15 Å². The molecule has 0 bridgehead atoms. The molecular weight excluding hydrogens is 216 g/mol. The first-order valence-corrected chi connectivity index (χ1v) is 5.79. The summed E-state index contributed by atoms with van der Waals surface area (Å²) in [5, 5.41) is 1.26. The summed E-state index contributed by atoms with van der Waals surface area (Å²) in [6, 6.07) is 5.97. The summed E-state index contributed by atoms with van der Waals surface area (Å²) >= 11 is 7.47. The van der Waals surface area contributed by atoms with Crippen molar-refractivity contribution >= 4 is 34.4 Å². The molecule has 0 aliphatic heterocycles. The lowest BCUT2D eigenvalue weighted by Crippen LogP contribution is -1.89. The van der Waals surface area contributed by atoms with Crippen molar-refractivity contribution in [2.45, 2.75) is 11.9 Å². The predicted octanol–water partition coefficient (Wildman–Crippen LogP) is 3.31. The van der Waals surface area contributed by atoms with Gasteiger partial charge in [-0.2, -0.15) is 0 Å². The van der Waals surface area contributed by atoms with Crippen molar-refractivity contribution < 1.29 is 0 Å². The first kappa shape index (κ1) is 9.74. The van der Waals surface area contributed by atoms with Gasteiger partial charge in [-0.05, 0) is 30.9 Å². The molecule has 72 valence electrons. The molecule has 2 rings (SSSR count). The van der Waals surface area contributed by atoms with E-state index in [-0.39, 0.29) is 0 Å². The van der Waals surface area contributed by atoms with Gasteiger partial charge < -0.3 is 0 Å². The van der Waals surface area contributed by atoms with Gasteiger partial charge in [0.1, 0.15) is 5.03 Å². The molecule has 0 aliphatic rings. The van der Waals surface area contributed by atoms with Crippen LogP contribution in [0.2, 0.25) is 5.15 Å². The Labute approximate surface area is 91.7 Å². The molecule has 0 saturated carbocycles. The first-order chi connectivity index (χ1) is 6.70. The quantitative estimate of drug-likeness (QED) is 0.695. The fourth-order valence-corrected chi connectivity index (χ4v) is 2.03. The molecule has 0 unspecified atom stereocenters. The molecule has 1 aromatic carbocycles. The molecule has 0 N–H and O–H groups in total. The molecule has 4 heteroatoms. The van der Waals surface area contributed by atoms with Crippen LogP contribution in [-0.2, 0) is 0 Å². The van der Waals surface area contributed by atoms with E-state index in [1.165, 1.54) is 17.3 Å². The smallest absolute Gasteiger partial charge is 0.161 e. The second-order valence-electron chi connectivity index (χ2n) is 3.02. The van der Waals surface area contributed by atoms with Crippen molar-refractivity contribution in [2.24, 2.45) is 0 Å². The van der Waals surface area contributed by atoms with Gasteiger partial charge in [-0.3, -0.25) is 0 Å². The summed E-state index contributed by atoms with van der Waals surface area (Å²) in [4.78, 5) is 8.69. The number of halogens is 1. The van der Waals surface area contributed by atoms with Crippen molar-refractivity contribution in [3.05, 3.63) is 28.9 Å². The highest BCUT2D eigenvalue weighted by Crippen LogP contribution is 2.24. The highest BCUT2D eigenvalue weighted by atomic mass is 35.5. The molecule has 1 heterocycles. The van der Waals surface area contributed by atoms with Crippen molar-refractivity contribution in [1.82, 2.24) is 9.97 Å². The van der Waals surface area contributed by atoms with Crippen molar-refractivity contribution in [2.75, 3.05) is 6.26 Å². The van der Waals surface area contributed by atoms with E-state index in [2.05, 4.69) is 9.97 Å². The van der Waals surface area contributed by atoms with Crippen LogP contribution in [0, 0.1) is 6.92 Å². The van der Waals surface area contributed by atoms with E-state index in [0.717, 1.165) is 16.1 Å². The van der Waals surface area contributed by atoms with E-state index >= 15 is 0 Å². The lowest BCUT2D eigenvalue weighted by molar-refractivity contribution is 1.12. The number of aromatic nitrogens is 2. The Morgan fingerprint density at radius 2 is 2.00 bits per heavy atom. The number of thioether (sulfide) groups is 1. The summed E-state index contributed by atoms with van der Waals surface area (Å²) in [5.74, 6) is 0. The van der Waals surface area contributed by atoms with E-state index in [1.54, 1.807) is 0 Å². The first-order valence-electron chi connectivity index (χ1n) is 4.18. The Morgan fingerprint density at radius 1 is 1.21 bits per heavy atom. The summed E-state index contributed by atoms with van der Waals surface area (Å²) in [5.41, 5.74) is 2.91. The molecule has 0 spiro atoms. The lowest BCUT2D eigenvalue weighted by Gasteiger charge is -2.02. The zero-order chi connectivity index (χ0) is 10.1. The number of benzene rings is 1. The minimum Gasteiger partial charge on any atom is -0.237 e. The molecule has 14 heavy (non-hydrogen) atoms. The van der Waals surface area contributed by atoms with Gasteiger partial charge in [0, 0.05) is 0 Å². The molecule has 0 atom stereocenters. The fourth-order valence-electron chi connectivity index (χ4n) is 1.26. The van der Waals surface area contributed by atoms with Gasteiger partial charge >= 0.3 is 0 Å². The van der Waals surface area contributed by atoms with Gasteiger partial charge in [0.05, 0.1) is 11.0 Å². The highest BCUT2D eigenvalue weighted by Gasteiger charge is 2.05. The molecule has 2 aromatic rings. The highest BCUT2D eigenvalue weighted by molar-refractivity contribution is 7.98. The van der Waals surface area contributed by atoms with E-state index in [4.69, 9.17) is 11.6 Å². The Morgan fingerprint density at radius 3 is 2.71 bits per heavy atom. The van der Waals surface area contributed by atoms with Crippen LogP contribution < -0.4 is 0 Å². The molecular formula is C10H9ClN2S. The van der Waals surface area contributed by atoms with Gasteiger partial charge in [-0.25, -0.2) is 9.97 Å². The standard InChI is InChI=1S/C10H9ClN2S/c1-6-3-4-7-8(5-6)12-9(11)10(13-7)14-2/h3-5H,1-2H3. The molecule has 1 aromatic heterocycles. The number of fused-ring (bicyclic) bond motifs is 1. The van der Waals surface area contributed by atoms with Crippen LogP contribution in [-0.4, -0.2) is 16.2 Å². The van der Waals surface area contributed by atoms with Crippen LogP contribution in [0.1, 0.15) is 5.56 Å². The molecule has 0 amide bonds. The van der Waals surface area contributed by atoms with Crippen LogP contribution in [0.15, 0.2) is 23.2 Å². The Kier molecular flexibility index (Phi) is 2.61. The van der Waals surface area contributed by atoms with Gasteiger partial charge in [-0.15, -0.1) is 11.8 Å². The van der Waals surface area contributed by atoms with Crippen molar-refractivity contribution in [3.63, 3.8) is 0 Å². The molecule has 0 saturated heterocycles. The average molecular weight is 225 g/mol. The number of hydrogen-bond donors (Lipinski definition) is 0. The van der Waals surface area contributed by atoms with Crippen molar-refractivity contribution in [1.29, 1.82) is 0 Å². The Bertz CT molecular complexity index is 485. The topological polar surface area (TPSA) is 25.8 Å². The zero-order valence-corrected chi connectivity index (χ0v) is 9.49. The van der Waals surface area contributed by atoms with Gasteiger partial charge in [0.15, 0.2) is 5.15 Å². The van der Waals surface area contributed by atoms with Gasteiger partial charge in [0.2, 0.25) is 0 Å². The van der Waals surface area contributed by atoms with Crippen LogP contribution in [0.3, 0.4) is 0 Å². The van der Waals surface area contributed by atoms with Crippen molar-refractivity contribution in [3.8, 4) is 0 Å². The maximum atomic E-state index is 5.96. The number of aryl methyl sites for hydroxylation is 1. The lowest BCUT2D eigenvalue weighted by atomic mass is 10.2. The van der Waals surface area contributed by atoms with E-state index < -0.39 is 0 Å². The maximum absolute atomic E-state index is 5.96. The normalized spacial score (nSPS) is 10.8. The van der Waals surface area contributed by atoms with Crippen LogP contribution in [0.4, 0.5) is 0 Å². The number of rotatable bonds is 1. The second kappa shape index (κ2) is 3.75. The molecule has 0 fully saturated rings. The molecule has 2 nitrogen and oxygen atoms in total. The third kappa shape index (κ3) is 1.70. The van der Waals surface area contributed by atoms with Gasteiger partial charge in [0.25, 0.3) is 0 Å². The number of nitrogens with zero attached hydrogens (tertiary/aromatic N) is 2. The third-order valence-electron chi connectivity index (χ3n) is 1.94. The summed E-state index contributed by atoms with van der Waals surface area (Å²) in [6.07, 6.45) is 1.94. The second-order valence-corrected chi connectivity index (χ2v) is 4.17. The van der Waals surface area contributed by atoms with E-state index in [1.807, 2.05) is 31.4 Å². The Hall–Kier alpha value is -0.800. The monoisotopic (exact) mass is 224 g/mol. The minimum absolute atomic E-state index is 0.482. The number of hydrogen-bond acceptors (Lipinski definition) is 3. The van der Waals surface area contributed by atoms with Gasteiger partial charge in [-0.1, -0.05) is 17.7 Å². The summed E-state index contributed by atoms with van der Waals surface area (Å²) < 4.78 is 0. The SMILES string of the molecule is CSc1nc2ccc(C)cc2nc1Cl. The Balaban J connectivity index is 2.73. The minimum atomic E-state index is 0.482. The third-order valence-corrected chi connectivity index (χ3v) is 2.99. The predicted molar refractivity (Wildman–Crippen MR) is 61.1 cm³/mol. The van der Waals surface area contributed by atoms with Crippen LogP contribution >= 0.6 is 23.4 Å². The van der Waals surface area contributed by atoms with E-state index in [9.17, 15) is 0 Å². The summed E-state index contributed by atoms with van der Waals surface area (Å²) in [6.45, 7) is 2.03. The van der Waals surface area contributed by atoms with Crippen LogP contribution in [0.25, 0.3) is 11.0 Å². The zero-order valence-electron chi connectivity index (χ0n) is 7.91.